The largest absolute Gasteiger partial charge is 0.507 e. The van der Waals surface area contributed by atoms with Gasteiger partial charge in [0, 0.05) is 0 Å². The van der Waals surface area contributed by atoms with Crippen LogP contribution in [0.3, 0.4) is 0 Å². The Morgan fingerprint density at radius 3 is 1.67 bits per heavy atom. The van der Waals surface area contributed by atoms with Crippen molar-refractivity contribution in [2.45, 2.75) is 72.1 Å². The number of hydrogen-bond donors (Lipinski definition) is 1. The van der Waals surface area contributed by atoms with Crippen LogP contribution in [0, 0.1) is 0 Å². The second-order valence-electron chi connectivity index (χ2n) is 6.55. The lowest BCUT2D eigenvalue weighted by molar-refractivity contribution is 0.450. The van der Waals surface area contributed by atoms with Crippen molar-refractivity contribution in [3.8, 4) is 5.75 Å². The third kappa shape index (κ3) is 2.88. The molecule has 0 heterocycles. The topological polar surface area (TPSA) is 20.2 Å². The Labute approximate surface area is 112 Å². The molecule has 1 heteroatoms. The molecule has 102 valence electrons. The summed E-state index contributed by atoms with van der Waals surface area (Å²) in [6.07, 6.45) is 1.10. The number of phenolic OH excluding ortho intramolecular Hbond substituents is 1. The highest BCUT2D eigenvalue weighted by Crippen LogP contribution is 2.38. The molecule has 0 radical (unpaired) electrons. The highest BCUT2D eigenvalue weighted by molar-refractivity contribution is 5.48. The zero-order chi connectivity index (χ0) is 14.1. The number of rotatable bonds is 4. The Morgan fingerprint density at radius 1 is 1.00 bits per heavy atom. The SMILES string of the molecule is CCC(C)(C)c1cc(C(C)C)c(O)c(C(C)C)c1. The second kappa shape index (κ2) is 5.34. The molecule has 0 fully saturated rings. The summed E-state index contributed by atoms with van der Waals surface area (Å²) in [7, 11) is 0. The smallest absolute Gasteiger partial charge is 0.122 e. The molecule has 1 nitrogen and oxygen atoms in total. The van der Waals surface area contributed by atoms with E-state index in [1.165, 1.54) is 5.56 Å². The minimum Gasteiger partial charge on any atom is -0.507 e. The van der Waals surface area contributed by atoms with Crippen LogP contribution in [0.15, 0.2) is 12.1 Å². The van der Waals surface area contributed by atoms with Crippen LogP contribution in [0.4, 0.5) is 0 Å². The number of phenols is 1. The third-order valence-electron chi connectivity index (χ3n) is 4.08. The van der Waals surface area contributed by atoms with Gasteiger partial charge in [-0.3, -0.25) is 0 Å². The van der Waals surface area contributed by atoms with Gasteiger partial charge in [0.1, 0.15) is 5.75 Å². The normalized spacial score (nSPS) is 12.5. The van der Waals surface area contributed by atoms with E-state index in [1.807, 2.05) is 0 Å². The summed E-state index contributed by atoms with van der Waals surface area (Å²) in [4.78, 5) is 0. The van der Waals surface area contributed by atoms with Gasteiger partial charge in [0.05, 0.1) is 0 Å². The van der Waals surface area contributed by atoms with Crippen LogP contribution in [0.1, 0.15) is 83.4 Å². The van der Waals surface area contributed by atoms with Crippen LogP contribution in [0.2, 0.25) is 0 Å². The van der Waals surface area contributed by atoms with Gasteiger partial charge in [0.15, 0.2) is 0 Å². The second-order valence-corrected chi connectivity index (χ2v) is 6.55. The molecule has 1 aromatic carbocycles. The Hall–Kier alpha value is -0.980. The maximum Gasteiger partial charge on any atom is 0.122 e. The van der Waals surface area contributed by atoms with E-state index in [0.717, 1.165) is 17.5 Å². The summed E-state index contributed by atoms with van der Waals surface area (Å²) >= 11 is 0. The maximum absolute atomic E-state index is 10.4. The first-order valence-electron chi connectivity index (χ1n) is 7.08. The molecule has 18 heavy (non-hydrogen) atoms. The van der Waals surface area contributed by atoms with Crippen molar-refractivity contribution in [2.24, 2.45) is 0 Å². The molecule has 1 N–H and O–H groups in total. The lowest BCUT2D eigenvalue weighted by Crippen LogP contribution is -2.16. The van der Waals surface area contributed by atoms with Crippen molar-refractivity contribution in [3.63, 3.8) is 0 Å². The van der Waals surface area contributed by atoms with Crippen LogP contribution < -0.4 is 0 Å². The fourth-order valence-electron chi connectivity index (χ4n) is 2.16. The van der Waals surface area contributed by atoms with Gasteiger partial charge in [0.2, 0.25) is 0 Å². The van der Waals surface area contributed by atoms with E-state index >= 15 is 0 Å². The van der Waals surface area contributed by atoms with Crippen molar-refractivity contribution in [1.82, 2.24) is 0 Å². The van der Waals surface area contributed by atoms with Gasteiger partial charge >= 0.3 is 0 Å². The highest BCUT2D eigenvalue weighted by Gasteiger charge is 2.23. The quantitative estimate of drug-likeness (QED) is 0.764. The summed E-state index contributed by atoms with van der Waals surface area (Å²) in [5, 5.41) is 10.4. The van der Waals surface area contributed by atoms with E-state index in [0.29, 0.717) is 17.6 Å². The molecule has 0 spiro atoms. The fraction of sp³-hybridized carbons (Fsp3) is 0.647. The van der Waals surface area contributed by atoms with Gasteiger partial charge in [-0.15, -0.1) is 0 Å². The molecule has 0 saturated heterocycles. The zero-order valence-electron chi connectivity index (χ0n) is 13.0. The summed E-state index contributed by atoms with van der Waals surface area (Å²) in [5.74, 6) is 1.21. The molecule has 0 amide bonds. The Balaban J connectivity index is 3.48. The molecule has 0 aliphatic heterocycles. The predicted molar refractivity (Wildman–Crippen MR) is 79.6 cm³/mol. The first kappa shape index (κ1) is 15.1. The van der Waals surface area contributed by atoms with E-state index in [9.17, 15) is 5.11 Å². The van der Waals surface area contributed by atoms with Gasteiger partial charge in [-0.1, -0.05) is 60.6 Å². The third-order valence-corrected chi connectivity index (χ3v) is 4.08. The minimum atomic E-state index is 0.168. The van der Waals surface area contributed by atoms with Crippen molar-refractivity contribution >= 4 is 0 Å². The van der Waals surface area contributed by atoms with Gasteiger partial charge in [-0.2, -0.15) is 0 Å². The van der Waals surface area contributed by atoms with Gasteiger partial charge in [-0.05, 0) is 40.4 Å². The van der Waals surface area contributed by atoms with E-state index in [4.69, 9.17) is 0 Å². The summed E-state index contributed by atoms with van der Waals surface area (Å²) < 4.78 is 0. The Bertz CT molecular complexity index is 385. The van der Waals surface area contributed by atoms with Crippen LogP contribution in [0.5, 0.6) is 5.75 Å². The number of hydrogen-bond acceptors (Lipinski definition) is 1. The molecule has 0 aliphatic rings. The van der Waals surface area contributed by atoms with Crippen molar-refractivity contribution in [1.29, 1.82) is 0 Å². The Kier molecular flexibility index (Phi) is 4.47. The molecular formula is C17H28O. The standard InChI is InChI=1S/C17H28O/c1-8-17(6,7)13-9-14(11(2)3)16(18)15(10-13)12(4)5/h9-12,18H,8H2,1-7H3. The molecule has 0 unspecified atom stereocenters. The molecule has 1 aromatic rings. The molecular weight excluding hydrogens is 220 g/mol. The fourth-order valence-corrected chi connectivity index (χ4v) is 2.16. The molecule has 0 bridgehead atoms. The maximum atomic E-state index is 10.4. The molecule has 0 aliphatic carbocycles. The summed E-state index contributed by atoms with van der Waals surface area (Å²) in [6.45, 7) is 15.3. The molecule has 0 atom stereocenters. The molecule has 0 saturated carbocycles. The minimum absolute atomic E-state index is 0.168. The van der Waals surface area contributed by atoms with Gasteiger partial charge in [-0.25, -0.2) is 0 Å². The average Bonchev–Trinajstić information content (AvgIpc) is 2.28. The zero-order valence-corrected chi connectivity index (χ0v) is 13.0. The van der Waals surface area contributed by atoms with Crippen LogP contribution in [0.25, 0.3) is 0 Å². The first-order valence-corrected chi connectivity index (χ1v) is 7.08. The monoisotopic (exact) mass is 248 g/mol. The van der Waals surface area contributed by atoms with Crippen LogP contribution in [-0.4, -0.2) is 5.11 Å². The Morgan fingerprint density at radius 2 is 1.39 bits per heavy atom. The van der Waals surface area contributed by atoms with Crippen molar-refractivity contribution in [2.75, 3.05) is 0 Å². The van der Waals surface area contributed by atoms with E-state index in [2.05, 4.69) is 60.6 Å². The highest BCUT2D eigenvalue weighted by atomic mass is 16.3. The molecule has 1 rings (SSSR count). The van der Waals surface area contributed by atoms with Crippen LogP contribution >= 0.6 is 0 Å². The molecule has 0 aromatic heterocycles. The van der Waals surface area contributed by atoms with E-state index in [-0.39, 0.29) is 5.41 Å². The van der Waals surface area contributed by atoms with Crippen molar-refractivity contribution < 1.29 is 5.11 Å². The van der Waals surface area contributed by atoms with E-state index < -0.39 is 0 Å². The van der Waals surface area contributed by atoms with Gasteiger partial charge < -0.3 is 5.11 Å². The predicted octanol–water partition coefficient (Wildman–Crippen LogP) is 5.33. The van der Waals surface area contributed by atoms with Crippen LogP contribution in [-0.2, 0) is 5.41 Å². The van der Waals surface area contributed by atoms with Gasteiger partial charge in [0.25, 0.3) is 0 Å². The van der Waals surface area contributed by atoms with E-state index in [1.54, 1.807) is 0 Å². The lowest BCUT2D eigenvalue weighted by atomic mass is 9.78. The van der Waals surface area contributed by atoms with Crippen molar-refractivity contribution in [3.05, 3.63) is 28.8 Å². The summed E-state index contributed by atoms with van der Waals surface area (Å²) in [6, 6.07) is 4.38. The summed E-state index contributed by atoms with van der Waals surface area (Å²) in [5.41, 5.74) is 3.67. The first-order chi connectivity index (χ1) is 8.20. The number of aromatic hydroxyl groups is 1. The lowest BCUT2D eigenvalue weighted by Gasteiger charge is -2.27. The average molecular weight is 248 g/mol. The number of benzene rings is 1.